The average Bonchev–Trinajstić information content (AvgIpc) is 2.94. The molecule has 1 unspecified atom stereocenters. The lowest BCUT2D eigenvalue weighted by Crippen LogP contribution is -2.43. The molecule has 1 aromatic rings. The molecule has 1 aliphatic carbocycles. The Morgan fingerprint density at radius 1 is 1.32 bits per heavy atom. The number of nitrogens with zero attached hydrogens (tertiary/aromatic N) is 1. The van der Waals surface area contributed by atoms with Crippen molar-refractivity contribution in [3.8, 4) is 0 Å². The van der Waals surface area contributed by atoms with Crippen molar-refractivity contribution in [1.82, 2.24) is 10.2 Å². The van der Waals surface area contributed by atoms with Crippen LogP contribution in [-0.2, 0) is 0 Å². The molecule has 1 heterocycles. The average molecular weight is 373 g/mol. The minimum Gasteiger partial charge on any atom is -0.391 e. The largest absolute Gasteiger partial charge is 0.391 e. The Morgan fingerprint density at radius 2 is 2.04 bits per heavy atom. The molecule has 4 nitrogen and oxygen atoms in total. The van der Waals surface area contributed by atoms with Gasteiger partial charge in [0.2, 0.25) is 5.92 Å². The van der Waals surface area contributed by atoms with E-state index in [-0.39, 0.29) is 31.3 Å². The summed E-state index contributed by atoms with van der Waals surface area (Å²) in [7, 11) is 0. The molecule has 2 fully saturated rings. The number of aliphatic hydroxyl groups excluding tert-OH is 1. The van der Waals surface area contributed by atoms with Crippen molar-refractivity contribution < 1.29 is 18.7 Å². The highest BCUT2D eigenvalue weighted by Crippen LogP contribution is 2.37. The Bertz CT molecular complexity index is 612. The minimum absolute atomic E-state index is 0.0611. The first-order valence-corrected chi connectivity index (χ1v) is 9.09. The van der Waals surface area contributed by atoms with Gasteiger partial charge in [-0.1, -0.05) is 23.7 Å². The van der Waals surface area contributed by atoms with Gasteiger partial charge in [-0.05, 0) is 42.9 Å². The number of hydrogen-bond acceptors (Lipinski definition) is 2. The molecule has 0 aromatic heterocycles. The lowest BCUT2D eigenvalue weighted by molar-refractivity contribution is -0.0517. The molecule has 1 saturated carbocycles. The number of likely N-dealkylation sites (tertiary alicyclic amines) is 1. The van der Waals surface area contributed by atoms with Gasteiger partial charge < -0.3 is 15.3 Å². The summed E-state index contributed by atoms with van der Waals surface area (Å²) in [6.45, 7) is 0.676. The van der Waals surface area contributed by atoms with Crippen LogP contribution in [0, 0.1) is 5.92 Å². The van der Waals surface area contributed by atoms with Crippen LogP contribution in [0.2, 0.25) is 5.02 Å². The van der Waals surface area contributed by atoms with E-state index in [1.807, 2.05) is 0 Å². The number of carbonyl (C=O) groups is 1. The third-order valence-corrected chi connectivity index (χ3v) is 5.37. The van der Waals surface area contributed by atoms with Crippen molar-refractivity contribution in [2.24, 2.45) is 5.92 Å². The second kappa shape index (κ2) is 7.46. The van der Waals surface area contributed by atoms with E-state index in [0.29, 0.717) is 30.8 Å². The van der Waals surface area contributed by atoms with Crippen molar-refractivity contribution in [2.45, 2.75) is 50.2 Å². The number of nitrogens with one attached hydrogen (secondary N) is 1. The number of hydrogen-bond donors (Lipinski definition) is 2. The molecule has 2 amide bonds. The lowest BCUT2D eigenvalue weighted by atomic mass is 9.86. The molecule has 1 aliphatic heterocycles. The summed E-state index contributed by atoms with van der Waals surface area (Å²) in [5.74, 6) is -2.82. The lowest BCUT2D eigenvalue weighted by Gasteiger charge is -2.31. The van der Waals surface area contributed by atoms with Crippen molar-refractivity contribution >= 4 is 17.6 Å². The third kappa shape index (κ3) is 4.42. The summed E-state index contributed by atoms with van der Waals surface area (Å²) < 4.78 is 27.0. The van der Waals surface area contributed by atoms with Crippen molar-refractivity contribution in [3.63, 3.8) is 0 Å². The molecule has 7 heteroatoms. The zero-order valence-electron chi connectivity index (χ0n) is 13.9. The maximum absolute atomic E-state index is 13.5. The number of urea groups is 1. The molecular weight excluding hydrogens is 350 g/mol. The van der Waals surface area contributed by atoms with Gasteiger partial charge in [0.15, 0.2) is 0 Å². The maximum atomic E-state index is 13.5. The van der Waals surface area contributed by atoms with E-state index in [2.05, 4.69) is 5.32 Å². The highest BCUT2D eigenvalue weighted by molar-refractivity contribution is 6.30. The van der Waals surface area contributed by atoms with Gasteiger partial charge in [0, 0.05) is 31.0 Å². The molecule has 3 rings (SSSR count). The SMILES string of the molecule is O=C(NCC1CCCC(F)(F)C1)N1CC[C@@H](O)[C@H]1c1ccc(Cl)cc1. The second-order valence-corrected chi connectivity index (χ2v) is 7.49. The Hall–Kier alpha value is -1.40. The predicted molar refractivity (Wildman–Crippen MR) is 91.8 cm³/mol. The number of halogens is 3. The molecule has 1 aromatic carbocycles. The molecule has 1 saturated heterocycles. The van der Waals surface area contributed by atoms with Gasteiger partial charge in [-0.25, -0.2) is 13.6 Å². The predicted octanol–water partition coefficient (Wildman–Crippen LogP) is 3.98. The Kier molecular flexibility index (Phi) is 5.49. The fourth-order valence-electron chi connectivity index (χ4n) is 3.85. The van der Waals surface area contributed by atoms with Gasteiger partial charge in [0.25, 0.3) is 0 Å². The standard InChI is InChI=1S/C18H23ClF2N2O2/c19-14-5-3-13(4-6-14)16-15(24)7-9-23(16)17(25)22-11-12-2-1-8-18(20,21)10-12/h3-6,12,15-16,24H,1-2,7-11H2,(H,22,25)/t12?,15-,16-/m1/s1. The van der Waals surface area contributed by atoms with Crippen LogP contribution in [0.25, 0.3) is 0 Å². The van der Waals surface area contributed by atoms with Gasteiger partial charge >= 0.3 is 6.03 Å². The van der Waals surface area contributed by atoms with Gasteiger partial charge in [-0.2, -0.15) is 0 Å². The van der Waals surface area contributed by atoms with Crippen LogP contribution in [-0.4, -0.2) is 41.2 Å². The van der Waals surface area contributed by atoms with E-state index in [9.17, 15) is 18.7 Å². The smallest absolute Gasteiger partial charge is 0.318 e. The quantitative estimate of drug-likeness (QED) is 0.843. The van der Waals surface area contributed by atoms with E-state index in [1.165, 1.54) is 0 Å². The number of benzene rings is 1. The van der Waals surface area contributed by atoms with Crippen LogP contribution in [0.5, 0.6) is 0 Å². The second-order valence-electron chi connectivity index (χ2n) is 7.05. The maximum Gasteiger partial charge on any atom is 0.318 e. The Morgan fingerprint density at radius 3 is 2.72 bits per heavy atom. The number of alkyl halides is 2. The summed E-state index contributed by atoms with van der Waals surface area (Å²) in [6.07, 6.45) is 0.807. The Balaban J connectivity index is 1.61. The van der Waals surface area contributed by atoms with E-state index in [0.717, 1.165) is 5.56 Å². The minimum atomic E-state index is -2.62. The molecular formula is C18H23ClF2N2O2. The van der Waals surface area contributed by atoms with E-state index in [1.54, 1.807) is 29.2 Å². The van der Waals surface area contributed by atoms with Gasteiger partial charge in [-0.15, -0.1) is 0 Å². The van der Waals surface area contributed by atoms with E-state index in [4.69, 9.17) is 11.6 Å². The van der Waals surface area contributed by atoms with Crippen LogP contribution in [0.3, 0.4) is 0 Å². The fraction of sp³-hybridized carbons (Fsp3) is 0.611. The third-order valence-electron chi connectivity index (χ3n) is 5.12. The highest BCUT2D eigenvalue weighted by atomic mass is 35.5. The van der Waals surface area contributed by atoms with Crippen LogP contribution in [0.15, 0.2) is 24.3 Å². The summed E-state index contributed by atoms with van der Waals surface area (Å²) in [6, 6.07) is 6.28. The first kappa shape index (κ1) is 18.4. The summed E-state index contributed by atoms with van der Waals surface area (Å²) in [5, 5.41) is 13.6. The highest BCUT2D eigenvalue weighted by Gasteiger charge is 2.39. The molecule has 0 spiro atoms. The van der Waals surface area contributed by atoms with Gasteiger partial charge in [0.1, 0.15) is 0 Å². The fourth-order valence-corrected chi connectivity index (χ4v) is 3.98. The van der Waals surface area contributed by atoms with E-state index < -0.39 is 18.1 Å². The topological polar surface area (TPSA) is 52.6 Å². The number of rotatable bonds is 3. The van der Waals surface area contributed by atoms with Gasteiger partial charge in [0.05, 0.1) is 12.1 Å². The number of aliphatic hydroxyl groups is 1. The molecule has 0 radical (unpaired) electrons. The first-order chi connectivity index (χ1) is 11.9. The van der Waals surface area contributed by atoms with Crippen LogP contribution in [0.1, 0.15) is 43.7 Å². The van der Waals surface area contributed by atoms with Crippen molar-refractivity contribution in [3.05, 3.63) is 34.9 Å². The Labute approximate surface area is 151 Å². The summed E-state index contributed by atoms with van der Waals surface area (Å²) >= 11 is 5.90. The molecule has 25 heavy (non-hydrogen) atoms. The van der Waals surface area contributed by atoms with Crippen molar-refractivity contribution in [1.29, 1.82) is 0 Å². The number of amides is 2. The zero-order chi connectivity index (χ0) is 18.0. The molecule has 3 atom stereocenters. The molecule has 2 aliphatic rings. The number of carbonyl (C=O) groups excluding carboxylic acids is 1. The summed E-state index contributed by atoms with van der Waals surface area (Å²) in [4.78, 5) is 14.1. The van der Waals surface area contributed by atoms with Crippen LogP contribution >= 0.6 is 11.6 Å². The first-order valence-electron chi connectivity index (χ1n) is 8.71. The zero-order valence-corrected chi connectivity index (χ0v) is 14.7. The molecule has 2 N–H and O–H groups in total. The normalized spacial score (nSPS) is 28.8. The molecule has 138 valence electrons. The molecule has 0 bridgehead atoms. The monoisotopic (exact) mass is 372 g/mol. The van der Waals surface area contributed by atoms with Crippen molar-refractivity contribution in [2.75, 3.05) is 13.1 Å². The summed E-state index contributed by atoms with van der Waals surface area (Å²) in [5.41, 5.74) is 0.814. The van der Waals surface area contributed by atoms with Crippen LogP contribution in [0.4, 0.5) is 13.6 Å². The van der Waals surface area contributed by atoms with Crippen LogP contribution < -0.4 is 5.32 Å². The van der Waals surface area contributed by atoms with Gasteiger partial charge in [-0.3, -0.25) is 0 Å². The van der Waals surface area contributed by atoms with E-state index >= 15 is 0 Å².